The van der Waals surface area contributed by atoms with Crippen LogP contribution in [0, 0.1) is 20.2 Å². The maximum atomic E-state index is 10.0. The van der Waals surface area contributed by atoms with Gasteiger partial charge in [0.2, 0.25) is 0 Å². The van der Waals surface area contributed by atoms with E-state index in [1.54, 1.807) is 0 Å². The molecule has 0 bridgehead atoms. The van der Waals surface area contributed by atoms with Crippen LogP contribution in [0.5, 0.6) is 0 Å². The summed E-state index contributed by atoms with van der Waals surface area (Å²) < 4.78 is 0. The number of nitro groups is 2. The first-order valence-electron chi connectivity index (χ1n) is 2.60. The van der Waals surface area contributed by atoms with Crippen molar-refractivity contribution < 1.29 is 15.1 Å². The number of nitrogens with zero attached hydrogens (tertiary/aromatic N) is 4. The van der Waals surface area contributed by atoms with Gasteiger partial charge in [0.1, 0.15) is 6.07 Å². The van der Waals surface area contributed by atoms with Crippen LogP contribution in [0.1, 0.15) is 0 Å². The van der Waals surface area contributed by atoms with Crippen molar-refractivity contribution in [3.8, 4) is 0 Å². The van der Waals surface area contributed by atoms with Crippen molar-refractivity contribution in [1.82, 2.24) is 9.94 Å². The summed E-state index contributed by atoms with van der Waals surface area (Å²) in [6, 6.07) is 0.556. The molecule has 0 fully saturated rings. The van der Waals surface area contributed by atoms with Gasteiger partial charge in [0.15, 0.2) is 9.94 Å². The fourth-order valence-electron chi connectivity index (χ4n) is 0.565. The predicted molar refractivity (Wildman–Crippen MR) is 32.7 cm³/mol. The van der Waals surface area contributed by atoms with Gasteiger partial charge in [0.25, 0.3) is 0 Å². The second-order valence-corrected chi connectivity index (χ2v) is 1.76. The zero-order chi connectivity index (χ0) is 9.30. The van der Waals surface area contributed by atoms with Crippen LogP contribution in [-0.2, 0) is 0 Å². The Morgan fingerprint density at radius 1 is 1.42 bits per heavy atom. The molecule has 1 N–H and O–H groups in total. The Kier molecular flexibility index (Phi) is 1.62. The summed E-state index contributed by atoms with van der Waals surface area (Å²) in [6.07, 6.45) is 0. The molecular formula is C3H2N4O5. The lowest BCUT2D eigenvalue weighted by Crippen LogP contribution is -1.99. The lowest BCUT2D eigenvalue weighted by molar-refractivity contribution is -0.398. The Morgan fingerprint density at radius 2 is 2.00 bits per heavy atom. The quantitative estimate of drug-likeness (QED) is 0.380. The van der Waals surface area contributed by atoms with Crippen LogP contribution < -0.4 is 0 Å². The van der Waals surface area contributed by atoms with E-state index in [0.717, 1.165) is 0 Å². The summed E-state index contributed by atoms with van der Waals surface area (Å²) in [6.45, 7) is 0. The molecule has 64 valence electrons. The second kappa shape index (κ2) is 2.45. The van der Waals surface area contributed by atoms with Gasteiger partial charge < -0.3 is 25.4 Å². The molecule has 1 rings (SSSR count). The molecule has 9 nitrogen and oxygen atoms in total. The molecule has 12 heavy (non-hydrogen) atoms. The average molecular weight is 174 g/mol. The van der Waals surface area contributed by atoms with Crippen molar-refractivity contribution >= 4 is 11.6 Å². The Bertz CT molecular complexity index is 342. The predicted octanol–water partition coefficient (Wildman–Crippen LogP) is -0.0632. The van der Waals surface area contributed by atoms with Crippen LogP contribution >= 0.6 is 0 Å². The zero-order valence-electron chi connectivity index (χ0n) is 5.45. The molecule has 0 aliphatic heterocycles. The van der Waals surface area contributed by atoms with Gasteiger partial charge in [-0.2, -0.15) is 0 Å². The number of rotatable bonds is 2. The lowest BCUT2D eigenvalue weighted by atomic mass is 10.6. The van der Waals surface area contributed by atoms with E-state index >= 15 is 0 Å². The standard InChI is InChI=1S/C3H2N4O5/c8-5-3(7(11)12)1-2(4-5)6(9)10/h1,8H. The molecular weight excluding hydrogens is 172 g/mol. The van der Waals surface area contributed by atoms with Crippen molar-refractivity contribution in [3.63, 3.8) is 0 Å². The van der Waals surface area contributed by atoms with E-state index in [2.05, 4.69) is 5.10 Å². The van der Waals surface area contributed by atoms with E-state index in [1.807, 2.05) is 0 Å². The van der Waals surface area contributed by atoms with E-state index in [0.29, 0.717) is 6.07 Å². The molecule has 0 amide bonds. The molecule has 0 aliphatic carbocycles. The number of aromatic nitrogens is 2. The molecule has 1 heterocycles. The summed E-state index contributed by atoms with van der Waals surface area (Å²) in [4.78, 5) is 17.9. The first-order valence-corrected chi connectivity index (χ1v) is 2.60. The summed E-state index contributed by atoms with van der Waals surface area (Å²) in [5.41, 5.74) is 0. The van der Waals surface area contributed by atoms with E-state index in [9.17, 15) is 20.2 Å². The minimum atomic E-state index is -0.986. The fraction of sp³-hybridized carbons (Fsp3) is 0. The topological polar surface area (TPSA) is 124 Å². The van der Waals surface area contributed by atoms with Gasteiger partial charge in [-0.05, 0) is 9.85 Å². The maximum Gasteiger partial charge on any atom is 0.424 e. The Hall–Kier alpha value is -2.19. The monoisotopic (exact) mass is 174 g/mol. The smallest absolute Gasteiger partial charge is 0.358 e. The van der Waals surface area contributed by atoms with E-state index in [-0.39, 0.29) is 4.85 Å². The third-order valence-electron chi connectivity index (χ3n) is 1.03. The van der Waals surface area contributed by atoms with Crippen LogP contribution in [0.25, 0.3) is 0 Å². The van der Waals surface area contributed by atoms with E-state index in [1.165, 1.54) is 0 Å². The van der Waals surface area contributed by atoms with Gasteiger partial charge in [0.05, 0.1) is 0 Å². The fourth-order valence-corrected chi connectivity index (χ4v) is 0.565. The summed E-state index contributed by atoms with van der Waals surface area (Å²) in [5, 5.41) is 31.5. The SMILES string of the molecule is O=[N+]([O-])c1cc([N+](=O)[O-])n(O)n1. The molecule has 0 saturated heterocycles. The third-order valence-corrected chi connectivity index (χ3v) is 1.03. The first kappa shape index (κ1) is 7.91. The van der Waals surface area contributed by atoms with Crippen molar-refractivity contribution in [2.45, 2.75) is 0 Å². The Morgan fingerprint density at radius 3 is 2.25 bits per heavy atom. The van der Waals surface area contributed by atoms with Gasteiger partial charge in [-0.15, -0.1) is 0 Å². The highest BCUT2D eigenvalue weighted by Crippen LogP contribution is 2.16. The summed E-state index contributed by atoms with van der Waals surface area (Å²) in [5.74, 6) is -1.62. The van der Waals surface area contributed by atoms with Crippen molar-refractivity contribution in [1.29, 1.82) is 0 Å². The molecule has 1 aromatic rings. The Balaban J connectivity index is 3.17. The lowest BCUT2D eigenvalue weighted by Gasteiger charge is -1.84. The molecule has 1 aromatic heterocycles. The third kappa shape index (κ3) is 1.14. The minimum Gasteiger partial charge on any atom is -0.358 e. The highest BCUT2D eigenvalue weighted by molar-refractivity contribution is 5.30. The van der Waals surface area contributed by atoms with Gasteiger partial charge in [-0.3, -0.25) is 0 Å². The molecule has 0 saturated carbocycles. The largest absolute Gasteiger partial charge is 0.424 e. The Labute approximate surface area is 64.1 Å². The first-order chi connectivity index (χ1) is 5.52. The minimum absolute atomic E-state index is 0.155. The van der Waals surface area contributed by atoms with Gasteiger partial charge in [-0.25, -0.2) is 0 Å². The van der Waals surface area contributed by atoms with Crippen LogP contribution in [-0.4, -0.2) is 25.0 Å². The molecule has 0 radical (unpaired) electrons. The van der Waals surface area contributed by atoms with Crippen molar-refractivity contribution in [2.75, 3.05) is 0 Å². The highest BCUT2D eigenvalue weighted by Gasteiger charge is 2.27. The zero-order valence-corrected chi connectivity index (χ0v) is 5.45. The number of hydrogen-bond donors (Lipinski definition) is 1. The maximum absolute atomic E-state index is 10.0. The van der Waals surface area contributed by atoms with Gasteiger partial charge in [-0.1, -0.05) is 0 Å². The average Bonchev–Trinajstić information content (AvgIpc) is 2.30. The normalized spacial score (nSPS) is 9.67. The molecule has 0 aromatic carbocycles. The second-order valence-electron chi connectivity index (χ2n) is 1.76. The molecule has 9 heteroatoms. The molecule has 0 unspecified atom stereocenters. The van der Waals surface area contributed by atoms with Crippen LogP contribution in [0.15, 0.2) is 6.07 Å². The molecule has 0 spiro atoms. The van der Waals surface area contributed by atoms with Crippen LogP contribution in [0.3, 0.4) is 0 Å². The highest BCUT2D eigenvalue weighted by atomic mass is 16.6. The summed E-state index contributed by atoms with van der Waals surface area (Å²) >= 11 is 0. The van der Waals surface area contributed by atoms with Gasteiger partial charge in [0, 0.05) is 0 Å². The number of hydrogen-bond acceptors (Lipinski definition) is 6. The van der Waals surface area contributed by atoms with Crippen molar-refractivity contribution in [2.24, 2.45) is 0 Å². The van der Waals surface area contributed by atoms with Crippen molar-refractivity contribution in [3.05, 3.63) is 26.3 Å². The van der Waals surface area contributed by atoms with E-state index < -0.39 is 21.5 Å². The van der Waals surface area contributed by atoms with Crippen LogP contribution in [0.2, 0.25) is 0 Å². The molecule has 0 atom stereocenters. The molecule has 0 aliphatic rings. The van der Waals surface area contributed by atoms with E-state index in [4.69, 9.17) is 5.21 Å². The summed E-state index contributed by atoms with van der Waals surface area (Å²) in [7, 11) is 0. The van der Waals surface area contributed by atoms with Crippen LogP contribution in [0.4, 0.5) is 11.6 Å². The van der Waals surface area contributed by atoms with Gasteiger partial charge >= 0.3 is 11.6 Å².